The topological polar surface area (TPSA) is 63.3 Å². The molecule has 0 atom stereocenters. The van der Waals surface area contributed by atoms with Crippen LogP contribution in [0.1, 0.15) is 5.56 Å². The van der Waals surface area contributed by atoms with Crippen molar-refractivity contribution in [1.29, 1.82) is 0 Å². The third kappa shape index (κ3) is 3.90. The van der Waals surface area contributed by atoms with E-state index < -0.39 is 5.95 Å². The maximum Gasteiger partial charge on any atom is 0.213 e. The van der Waals surface area contributed by atoms with Gasteiger partial charge in [0.05, 0.1) is 0 Å². The Morgan fingerprint density at radius 2 is 2.57 bits per heavy atom. The van der Waals surface area contributed by atoms with Crippen molar-refractivity contribution < 1.29 is 4.39 Å². The molecule has 0 bridgehead atoms. The van der Waals surface area contributed by atoms with Gasteiger partial charge in [0.15, 0.2) is 5.11 Å². The van der Waals surface area contributed by atoms with Gasteiger partial charge in [-0.2, -0.15) is 9.49 Å². The first-order valence-corrected chi connectivity index (χ1v) is 4.26. The van der Waals surface area contributed by atoms with Gasteiger partial charge in [-0.1, -0.05) is 0 Å². The summed E-state index contributed by atoms with van der Waals surface area (Å²) in [6.07, 6.45) is 3.45. The lowest BCUT2D eigenvalue weighted by Gasteiger charge is -1.96. The van der Waals surface area contributed by atoms with E-state index in [0.717, 1.165) is 5.56 Å². The van der Waals surface area contributed by atoms with Gasteiger partial charge in [0.25, 0.3) is 0 Å². The monoisotopic (exact) mass is 212 g/mol. The second-order valence-electron chi connectivity index (χ2n) is 2.48. The molecule has 0 unspecified atom stereocenters. The summed E-state index contributed by atoms with van der Waals surface area (Å²) in [7, 11) is 0. The number of nitrogens with zero attached hydrogens (tertiary/aromatic N) is 2. The Bertz CT molecular complexity index is 353. The largest absolute Gasteiger partial charge is 0.375 e. The average molecular weight is 212 g/mol. The molecule has 3 N–H and O–H groups in total. The summed E-state index contributed by atoms with van der Waals surface area (Å²) in [5, 5.41) is 3.81. The highest BCUT2D eigenvalue weighted by molar-refractivity contribution is 7.80. The van der Waals surface area contributed by atoms with E-state index in [2.05, 4.69) is 27.7 Å². The number of hydrazone groups is 1. The third-order valence-corrected chi connectivity index (χ3v) is 1.48. The summed E-state index contributed by atoms with van der Waals surface area (Å²) < 4.78 is 12.6. The van der Waals surface area contributed by atoms with Gasteiger partial charge in [0, 0.05) is 18.8 Å². The van der Waals surface area contributed by atoms with Crippen LogP contribution >= 0.6 is 12.2 Å². The number of hydrogen-bond donors (Lipinski definition) is 2. The fraction of sp³-hybridized carbons (Fsp3) is 0.125. The van der Waals surface area contributed by atoms with E-state index in [-0.39, 0.29) is 5.11 Å². The van der Waals surface area contributed by atoms with E-state index in [0.29, 0.717) is 6.42 Å². The molecule has 14 heavy (non-hydrogen) atoms. The number of nitrogens with one attached hydrogen (secondary N) is 1. The summed E-state index contributed by atoms with van der Waals surface area (Å²) in [4.78, 5) is 3.43. The zero-order chi connectivity index (χ0) is 10.4. The van der Waals surface area contributed by atoms with Crippen LogP contribution < -0.4 is 11.2 Å². The van der Waals surface area contributed by atoms with Gasteiger partial charge in [0.1, 0.15) is 0 Å². The van der Waals surface area contributed by atoms with E-state index in [4.69, 9.17) is 5.73 Å². The van der Waals surface area contributed by atoms with Crippen molar-refractivity contribution in [3.05, 3.63) is 29.8 Å². The van der Waals surface area contributed by atoms with Gasteiger partial charge < -0.3 is 5.73 Å². The van der Waals surface area contributed by atoms with Crippen molar-refractivity contribution >= 4 is 23.5 Å². The van der Waals surface area contributed by atoms with Crippen molar-refractivity contribution in [1.82, 2.24) is 10.4 Å². The molecular weight excluding hydrogens is 203 g/mol. The number of nitrogens with two attached hydrogens (primary N) is 1. The summed E-state index contributed by atoms with van der Waals surface area (Å²) in [6.45, 7) is 0. The van der Waals surface area contributed by atoms with Crippen LogP contribution in [0, 0.1) is 5.95 Å². The lowest BCUT2D eigenvalue weighted by Crippen LogP contribution is -2.24. The van der Waals surface area contributed by atoms with E-state index in [1.807, 2.05) is 0 Å². The van der Waals surface area contributed by atoms with E-state index in [9.17, 15) is 4.39 Å². The van der Waals surface area contributed by atoms with Crippen LogP contribution in [-0.2, 0) is 6.42 Å². The summed E-state index contributed by atoms with van der Waals surface area (Å²) in [5.74, 6) is -0.502. The van der Waals surface area contributed by atoms with Crippen LogP contribution in [0.4, 0.5) is 4.39 Å². The first-order chi connectivity index (χ1) is 6.68. The predicted molar refractivity (Wildman–Crippen MR) is 56.3 cm³/mol. The Labute approximate surface area is 86.0 Å². The summed E-state index contributed by atoms with van der Waals surface area (Å²) >= 11 is 4.53. The fourth-order valence-electron chi connectivity index (χ4n) is 0.830. The summed E-state index contributed by atoms with van der Waals surface area (Å²) in [6, 6.07) is 3.04. The van der Waals surface area contributed by atoms with Gasteiger partial charge >= 0.3 is 0 Å². The Balaban J connectivity index is 2.45. The van der Waals surface area contributed by atoms with Gasteiger partial charge in [-0.15, -0.1) is 0 Å². The second kappa shape index (κ2) is 5.23. The van der Waals surface area contributed by atoms with Crippen LogP contribution in [-0.4, -0.2) is 16.3 Å². The Kier molecular flexibility index (Phi) is 3.93. The fourth-order valence-corrected chi connectivity index (χ4v) is 0.883. The first-order valence-electron chi connectivity index (χ1n) is 3.86. The molecule has 1 heterocycles. The lowest BCUT2D eigenvalue weighted by molar-refractivity contribution is 0.582. The number of aromatic nitrogens is 1. The van der Waals surface area contributed by atoms with Crippen molar-refractivity contribution in [3.8, 4) is 0 Å². The molecule has 1 rings (SSSR count). The van der Waals surface area contributed by atoms with Crippen molar-refractivity contribution in [2.24, 2.45) is 10.8 Å². The minimum atomic E-state index is -0.502. The molecular formula is C8H9FN4S. The zero-order valence-electron chi connectivity index (χ0n) is 7.27. The van der Waals surface area contributed by atoms with Crippen molar-refractivity contribution in [3.63, 3.8) is 0 Å². The highest BCUT2D eigenvalue weighted by atomic mass is 32.1. The maximum absolute atomic E-state index is 12.6. The minimum Gasteiger partial charge on any atom is -0.375 e. The molecule has 0 aliphatic carbocycles. The quantitative estimate of drug-likeness (QED) is 0.333. The molecule has 0 saturated heterocycles. The molecule has 1 aromatic heterocycles. The van der Waals surface area contributed by atoms with Crippen LogP contribution in [0.5, 0.6) is 0 Å². The number of rotatable bonds is 3. The predicted octanol–water partition coefficient (Wildman–Crippen LogP) is 0.582. The van der Waals surface area contributed by atoms with Crippen LogP contribution in [0.3, 0.4) is 0 Å². The van der Waals surface area contributed by atoms with Crippen LogP contribution in [0.25, 0.3) is 0 Å². The Morgan fingerprint density at radius 1 is 1.79 bits per heavy atom. The molecule has 74 valence electrons. The highest BCUT2D eigenvalue weighted by Crippen LogP contribution is 1.99. The Morgan fingerprint density at radius 3 is 3.21 bits per heavy atom. The van der Waals surface area contributed by atoms with E-state index >= 15 is 0 Å². The maximum atomic E-state index is 12.6. The molecule has 0 spiro atoms. The third-order valence-electron chi connectivity index (χ3n) is 1.38. The molecule has 0 aliphatic rings. The van der Waals surface area contributed by atoms with Gasteiger partial charge in [0.2, 0.25) is 5.95 Å². The normalized spacial score (nSPS) is 10.4. The van der Waals surface area contributed by atoms with E-state index in [1.165, 1.54) is 12.3 Å². The SMILES string of the molecule is NC(=S)N/N=C/Cc1ccnc(F)c1. The lowest BCUT2D eigenvalue weighted by atomic mass is 10.2. The zero-order valence-corrected chi connectivity index (χ0v) is 8.09. The summed E-state index contributed by atoms with van der Waals surface area (Å²) in [5.41, 5.74) is 8.32. The number of thiocarbonyl (C=S) groups is 1. The Hall–Kier alpha value is -1.56. The first kappa shape index (κ1) is 10.5. The van der Waals surface area contributed by atoms with Crippen molar-refractivity contribution in [2.75, 3.05) is 0 Å². The molecule has 0 aromatic carbocycles. The highest BCUT2D eigenvalue weighted by Gasteiger charge is 1.93. The molecule has 0 amide bonds. The average Bonchev–Trinajstić information content (AvgIpc) is 2.12. The van der Waals surface area contributed by atoms with Gasteiger partial charge in [-0.3, -0.25) is 5.43 Å². The molecule has 0 radical (unpaired) electrons. The molecule has 1 aromatic rings. The van der Waals surface area contributed by atoms with Crippen LogP contribution in [0.2, 0.25) is 0 Å². The van der Waals surface area contributed by atoms with Crippen LogP contribution in [0.15, 0.2) is 23.4 Å². The molecule has 0 aliphatic heterocycles. The molecule has 0 fully saturated rings. The minimum absolute atomic E-state index is 0.0992. The number of pyridine rings is 1. The van der Waals surface area contributed by atoms with Gasteiger partial charge in [-0.25, -0.2) is 4.98 Å². The standard InChI is InChI=1S/C8H9FN4S/c9-7-5-6(1-3-11-7)2-4-12-13-8(10)14/h1,3-5H,2H2,(H3,10,13,14)/b12-4+. The van der Waals surface area contributed by atoms with Crippen molar-refractivity contribution in [2.45, 2.75) is 6.42 Å². The molecule has 0 saturated carbocycles. The molecule has 4 nitrogen and oxygen atoms in total. The number of halogens is 1. The smallest absolute Gasteiger partial charge is 0.213 e. The molecule has 6 heteroatoms. The van der Waals surface area contributed by atoms with E-state index in [1.54, 1.807) is 12.3 Å². The number of hydrogen-bond acceptors (Lipinski definition) is 3. The second-order valence-corrected chi connectivity index (χ2v) is 2.92. The van der Waals surface area contributed by atoms with Gasteiger partial charge in [-0.05, 0) is 29.9 Å².